The maximum atomic E-state index is 9.34. The molecule has 1 rings (SSSR count). The van der Waals surface area contributed by atoms with Gasteiger partial charge in [-0.05, 0) is 30.9 Å². The van der Waals surface area contributed by atoms with Gasteiger partial charge in [0.1, 0.15) is 5.76 Å². The fourth-order valence-electron chi connectivity index (χ4n) is 1.53. The van der Waals surface area contributed by atoms with Gasteiger partial charge in [-0.1, -0.05) is 32.3 Å². The minimum atomic E-state index is 0.520. The van der Waals surface area contributed by atoms with E-state index in [0.29, 0.717) is 5.76 Å². The van der Waals surface area contributed by atoms with E-state index in [1.807, 2.05) is 12.2 Å². The summed E-state index contributed by atoms with van der Waals surface area (Å²) in [6.07, 6.45) is 11.0. The number of aliphatic hydroxyl groups excluding tert-OH is 1. The lowest BCUT2D eigenvalue weighted by Crippen LogP contribution is -1.85. The van der Waals surface area contributed by atoms with Gasteiger partial charge in [0.25, 0.3) is 0 Å². The number of aliphatic hydroxyl groups is 1. The highest BCUT2D eigenvalue weighted by Gasteiger charge is 2.06. The average molecular weight is 166 g/mol. The zero-order chi connectivity index (χ0) is 8.81. The Morgan fingerprint density at radius 1 is 1.33 bits per heavy atom. The molecular formula is C11H18O. The van der Waals surface area contributed by atoms with Gasteiger partial charge in [0.05, 0.1) is 0 Å². The van der Waals surface area contributed by atoms with Crippen LogP contribution in [0.4, 0.5) is 0 Å². The minimum absolute atomic E-state index is 0.520. The van der Waals surface area contributed by atoms with Crippen LogP contribution in [0.5, 0.6) is 0 Å². The van der Waals surface area contributed by atoms with Gasteiger partial charge in [-0.3, -0.25) is 0 Å². The first-order valence-electron chi connectivity index (χ1n) is 4.92. The van der Waals surface area contributed by atoms with Crippen molar-refractivity contribution in [1.82, 2.24) is 0 Å². The van der Waals surface area contributed by atoms with Crippen molar-refractivity contribution in [2.45, 2.75) is 45.4 Å². The second kappa shape index (κ2) is 5.02. The van der Waals surface area contributed by atoms with E-state index in [1.165, 1.54) is 31.3 Å². The van der Waals surface area contributed by atoms with E-state index in [2.05, 4.69) is 6.92 Å². The summed E-state index contributed by atoms with van der Waals surface area (Å²) in [5.74, 6) is 0.520. The van der Waals surface area contributed by atoms with E-state index in [0.717, 1.165) is 12.8 Å². The van der Waals surface area contributed by atoms with Crippen LogP contribution >= 0.6 is 0 Å². The predicted molar refractivity (Wildman–Crippen MR) is 52.2 cm³/mol. The van der Waals surface area contributed by atoms with Gasteiger partial charge in [-0.25, -0.2) is 0 Å². The van der Waals surface area contributed by atoms with E-state index in [4.69, 9.17) is 0 Å². The van der Waals surface area contributed by atoms with Crippen molar-refractivity contribution in [2.75, 3.05) is 0 Å². The van der Waals surface area contributed by atoms with Crippen LogP contribution < -0.4 is 0 Å². The Morgan fingerprint density at radius 2 is 2.17 bits per heavy atom. The van der Waals surface area contributed by atoms with E-state index in [9.17, 15) is 5.11 Å². The second-order valence-electron chi connectivity index (χ2n) is 3.41. The molecule has 0 amide bonds. The molecule has 1 heteroatoms. The molecule has 0 aromatic carbocycles. The fourth-order valence-corrected chi connectivity index (χ4v) is 1.53. The Hall–Kier alpha value is -0.720. The Bertz CT molecular complexity index is 189. The third kappa shape index (κ3) is 2.72. The summed E-state index contributed by atoms with van der Waals surface area (Å²) in [4.78, 5) is 0. The van der Waals surface area contributed by atoms with Crippen molar-refractivity contribution in [3.05, 3.63) is 23.5 Å². The third-order valence-corrected chi connectivity index (χ3v) is 2.33. The van der Waals surface area contributed by atoms with Crippen LogP contribution in [0, 0.1) is 0 Å². The number of hydrogen-bond donors (Lipinski definition) is 1. The zero-order valence-corrected chi connectivity index (χ0v) is 7.84. The van der Waals surface area contributed by atoms with E-state index in [-0.39, 0.29) is 0 Å². The lowest BCUT2D eigenvalue weighted by molar-refractivity contribution is 0.424. The molecule has 0 aromatic rings. The van der Waals surface area contributed by atoms with Gasteiger partial charge in [-0.2, -0.15) is 0 Å². The first kappa shape index (κ1) is 9.37. The van der Waals surface area contributed by atoms with Gasteiger partial charge in [0.15, 0.2) is 0 Å². The largest absolute Gasteiger partial charge is 0.508 e. The lowest BCUT2D eigenvalue weighted by atomic mass is 10.1. The number of allylic oxidation sites excluding steroid dienone is 3. The number of hydrogen-bond acceptors (Lipinski definition) is 1. The molecule has 0 radical (unpaired) electrons. The zero-order valence-electron chi connectivity index (χ0n) is 7.84. The molecule has 1 aliphatic rings. The molecule has 0 aromatic heterocycles. The maximum absolute atomic E-state index is 9.34. The molecule has 1 N–H and O–H groups in total. The van der Waals surface area contributed by atoms with Crippen molar-refractivity contribution in [3.8, 4) is 0 Å². The average Bonchev–Trinajstić information content (AvgIpc) is 2.46. The van der Waals surface area contributed by atoms with Gasteiger partial charge in [-0.15, -0.1) is 0 Å². The van der Waals surface area contributed by atoms with Crippen molar-refractivity contribution in [3.63, 3.8) is 0 Å². The highest BCUT2D eigenvalue weighted by atomic mass is 16.3. The summed E-state index contributed by atoms with van der Waals surface area (Å²) in [7, 11) is 0. The number of rotatable bonds is 5. The summed E-state index contributed by atoms with van der Waals surface area (Å²) in [5.41, 5.74) is 1.23. The molecule has 0 saturated carbocycles. The molecule has 0 atom stereocenters. The summed E-state index contributed by atoms with van der Waals surface area (Å²) in [6.45, 7) is 2.22. The topological polar surface area (TPSA) is 20.2 Å². The Balaban J connectivity index is 2.12. The predicted octanol–water partition coefficient (Wildman–Crippen LogP) is 3.73. The fraction of sp³-hybridized carbons (Fsp3) is 0.636. The summed E-state index contributed by atoms with van der Waals surface area (Å²) in [6, 6.07) is 0. The van der Waals surface area contributed by atoms with Crippen LogP contribution in [0.3, 0.4) is 0 Å². The molecular weight excluding hydrogens is 148 g/mol. The molecule has 0 heterocycles. The van der Waals surface area contributed by atoms with Crippen molar-refractivity contribution in [2.24, 2.45) is 0 Å². The maximum Gasteiger partial charge on any atom is 0.114 e. The molecule has 0 saturated heterocycles. The highest BCUT2D eigenvalue weighted by Crippen LogP contribution is 2.22. The van der Waals surface area contributed by atoms with Crippen LogP contribution in [0.1, 0.15) is 45.4 Å². The standard InChI is InChI=1S/C11H18O/c1-2-3-4-5-7-10-8-6-9-11(10)12/h6,9,12H,2-5,7-8H2,1H3. The monoisotopic (exact) mass is 166 g/mol. The quantitative estimate of drug-likeness (QED) is 0.617. The molecule has 12 heavy (non-hydrogen) atoms. The normalized spacial score (nSPS) is 16.1. The van der Waals surface area contributed by atoms with E-state index < -0.39 is 0 Å². The third-order valence-electron chi connectivity index (χ3n) is 2.33. The van der Waals surface area contributed by atoms with Crippen molar-refractivity contribution in [1.29, 1.82) is 0 Å². The van der Waals surface area contributed by atoms with Crippen LogP contribution in [0.2, 0.25) is 0 Å². The summed E-state index contributed by atoms with van der Waals surface area (Å²) < 4.78 is 0. The Kier molecular flexibility index (Phi) is 3.92. The molecule has 0 bridgehead atoms. The van der Waals surface area contributed by atoms with Crippen molar-refractivity contribution >= 4 is 0 Å². The summed E-state index contributed by atoms with van der Waals surface area (Å²) in [5, 5.41) is 9.34. The Labute approximate surface area is 74.8 Å². The molecule has 0 fully saturated rings. The molecule has 0 unspecified atom stereocenters. The lowest BCUT2D eigenvalue weighted by Gasteiger charge is -2.01. The van der Waals surface area contributed by atoms with Gasteiger partial charge in [0.2, 0.25) is 0 Å². The van der Waals surface area contributed by atoms with Crippen LogP contribution in [0.25, 0.3) is 0 Å². The molecule has 1 aliphatic carbocycles. The van der Waals surface area contributed by atoms with Crippen LogP contribution in [-0.2, 0) is 0 Å². The second-order valence-corrected chi connectivity index (χ2v) is 3.41. The Morgan fingerprint density at radius 3 is 2.75 bits per heavy atom. The highest BCUT2D eigenvalue weighted by molar-refractivity contribution is 5.28. The smallest absolute Gasteiger partial charge is 0.114 e. The molecule has 0 aliphatic heterocycles. The first-order chi connectivity index (χ1) is 5.84. The van der Waals surface area contributed by atoms with Gasteiger partial charge in [0, 0.05) is 0 Å². The van der Waals surface area contributed by atoms with Crippen LogP contribution in [-0.4, -0.2) is 5.11 Å². The van der Waals surface area contributed by atoms with Crippen molar-refractivity contribution < 1.29 is 5.11 Å². The minimum Gasteiger partial charge on any atom is -0.508 e. The van der Waals surface area contributed by atoms with E-state index in [1.54, 1.807) is 0 Å². The SMILES string of the molecule is CCCCCCC1=C(O)C=CC1. The summed E-state index contributed by atoms with van der Waals surface area (Å²) >= 11 is 0. The van der Waals surface area contributed by atoms with Gasteiger partial charge >= 0.3 is 0 Å². The molecule has 0 spiro atoms. The number of unbranched alkanes of at least 4 members (excludes halogenated alkanes) is 3. The molecule has 68 valence electrons. The first-order valence-corrected chi connectivity index (χ1v) is 4.92. The van der Waals surface area contributed by atoms with E-state index >= 15 is 0 Å². The van der Waals surface area contributed by atoms with Gasteiger partial charge < -0.3 is 5.11 Å². The molecule has 1 nitrogen and oxygen atoms in total. The van der Waals surface area contributed by atoms with Crippen LogP contribution in [0.15, 0.2) is 23.5 Å².